The summed E-state index contributed by atoms with van der Waals surface area (Å²) >= 11 is 1.26. The third-order valence-electron chi connectivity index (χ3n) is 4.24. The number of thioether (sulfide) groups is 1. The number of hydrogen-bond acceptors (Lipinski definition) is 5. The van der Waals surface area contributed by atoms with Gasteiger partial charge in [-0.1, -0.05) is 68.4 Å². The zero-order valence-corrected chi connectivity index (χ0v) is 18.7. The molecular formula is C23H37NO5S. The molecular weight excluding hydrogens is 402 g/mol. The van der Waals surface area contributed by atoms with Gasteiger partial charge in [-0.15, -0.1) is 11.8 Å². The number of allylic oxidation sites excluding steroid dienone is 7. The third-order valence-corrected chi connectivity index (χ3v) is 5.65. The average Bonchev–Trinajstić information content (AvgIpc) is 2.70. The van der Waals surface area contributed by atoms with Gasteiger partial charge in [0.25, 0.3) is 0 Å². The first-order chi connectivity index (χ1) is 14.4. The topological polar surface area (TPSA) is 121 Å². The third kappa shape index (κ3) is 17.1. The van der Waals surface area contributed by atoms with Gasteiger partial charge in [-0.3, -0.25) is 9.59 Å². The first kappa shape index (κ1) is 28.2. The van der Waals surface area contributed by atoms with Crippen LogP contribution in [0.3, 0.4) is 0 Å². The van der Waals surface area contributed by atoms with Crippen molar-refractivity contribution in [1.29, 1.82) is 0 Å². The summed E-state index contributed by atoms with van der Waals surface area (Å²) in [5.41, 5.74) is 5.54. The molecule has 0 aromatic heterocycles. The lowest BCUT2D eigenvalue weighted by Gasteiger charge is -2.20. The van der Waals surface area contributed by atoms with Crippen LogP contribution in [0.25, 0.3) is 0 Å². The fraction of sp³-hybridized carbons (Fsp3) is 0.565. The predicted octanol–water partition coefficient (Wildman–Crippen LogP) is 4.31. The van der Waals surface area contributed by atoms with Gasteiger partial charge in [-0.25, -0.2) is 0 Å². The SMILES string of the molecule is CCCCC/C=C\C\C=C/C=C/C=C/[C@H](SC[C@H](N)C(=O)O)[C@@H](O)CCCC(=O)O. The summed E-state index contributed by atoms with van der Waals surface area (Å²) in [6.07, 6.45) is 21.3. The van der Waals surface area contributed by atoms with Gasteiger partial charge in [0, 0.05) is 17.4 Å². The maximum Gasteiger partial charge on any atom is 0.321 e. The van der Waals surface area contributed by atoms with Crippen molar-refractivity contribution in [3.05, 3.63) is 48.6 Å². The predicted molar refractivity (Wildman–Crippen MR) is 125 cm³/mol. The van der Waals surface area contributed by atoms with E-state index in [2.05, 4.69) is 25.2 Å². The molecule has 0 aliphatic heterocycles. The zero-order chi connectivity index (χ0) is 22.6. The van der Waals surface area contributed by atoms with Crippen molar-refractivity contribution >= 4 is 23.7 Å². The smallest absolute Gasteiger partial charge is 0.321 e. The van der Waals surface area contributed by atoms with E-state index in [0.717, 1.165) is 12.8 Å². The maximum atomic E-state index is 10.9. The van der Waals surface area contributed by atoms with Gasteiger partial charge >= 0.3 is 11.9 Å². The molecule has 0 aromatic rings. The van der Waals surface area contributed by atoms with Crippen molar-refractivity contribution in [2.24, 2.45) is 5.73 Å². The molecule has 7 heteroatoms. The van der Waals surface area contributed by atoms with Crippen LogP contribution in [0.15, 0.2) is 48.6 Å². The monoisotopic (exact) mass is 439 g/mol. The number of rotatable bonds is 18. The quantitative estimate of drug-likeness (QED) is 0.143. The molecule has 0 bridgehead atoms. The Morgan fingerprint density at radius 1 is 1.00 bits per heavy atom. The van der Waals surface area contributed by atoms with E-state index in [-0.39, 0.29) is 17.4 Å². The molecule has 0 saturated carbocycles. The molecule has 3 atom stereocenters. The first-order valence-corrected chi connectivity index (χ1v) is 11.6. The Bertz CT molecular complexity index is 586. The van der Waals surface area contributed by atoms with Crippen LogP contribution in [0.1, 0.15) is 58.3 Å². The van der Waals surface area contributed by atoms with E-state index in [1.54, 1.807) is 12.2 Å². The van der Waals surface area contributed by atoms with Gasteiger partial charge in [0.2, 0.25) is 0 Å². The van der Waals surface area contributed by atoms with E-state index in [1.807, 2.05) is 18.2 Å². The van der Waals surface area contributed by atoms with Crippen LogP contribution in [0.5, 0.6) is 0 Å². The Morgan fingerprint density at radius 3 is 2.40 bits per heavy atom. The van der Waals surface area contributed by atoms with Crippen LogP contribution in [0.4, 0.5) is 0 Å². The van der Waals surface area contributed by atoms with E-state index in [0.29, 0.717) is 12.8 Å². The Kier molecular flexibility index (Phi) is 18.0. The molecule has 0 radical (unpaired) electrons. The Labute approximate surface area is 184 Å². The Morgan fingerprint density at radius 2 is 1.73 bits per heavy atom. The molecule has 0 heterocycles. The number of nitrogens with two attached hydrogens (primary N) is 1. The summed E-state index contributed by atoms with van der Waals surface area (Å²) in [6.45, 7) is 2.19. The molecule has 0 rings (SSSR count). The highest BCUT2D eigenvalue weighted by Crippen LogP contribution is 2.21. The molecule has 6 nitrogen and oxygen atoms in total. The van der Waals surface area contributed by atoms with Crippen LogP contribution in [-0.4, -0.2) is 50.4 Å². The summed E-state index contributed by atoms with van der Waals surface area (Å²) in [5, 5.41) is 27.6. The Balaban J connectivity index is 4.51. The molecule has 0 amide bonds. The molecule has 30 heavy (non-hydrogen) atoms. The van der Waals surface area contributed by atoms with Gasteiger partial charge in [-0.2, -0.15) is 0 Å². The summed E-state index contributed by atoms with van der Waals surface area (Å²) in [7, 11) is 0. The van der Waals surface area contributed by atoms with Crippen molar-refractivity contribution in [3.63, 3.8) is 0 Å². The largest absolute Gasteiger partial charge is 0.481 e. The van der Waals surface area contributed by atoms with E-state index >= 15 is 0 Å². The van der Waals surface area contributed by atoms with Crippen LogP contribution in [0.2, 0.25) is 0 Å². The van der Waals surface area contributed by atoms with Crippen molar-refractivity contribution in [2.75, 3.05) is 5.75 Å². The molecule has 0 aliphatic carbocycles. The van der Waals surface area contributed by atoms with Crippen LogP contribution < -0.4 is 5.73 Å². The van der Waals surface area contributed by atoms with Gasteiger partial charge in [0.15, 0.2) is 0 Å². The van der Waals surface area contributed by atoms with Gasteiger partial charge < -0.3 is 21.1 Å². The van der Waals surface area contributed by atoms with E-state index in [1.165, 1.54) is 31.0 Å². The van der Waals surface area contributed by atoms with Crippen molar-refractivity contribution in [2.45, 2.75) is 75.7 Å². The molecule has 0 saturated heterocycles. The lowest BCUT2D eigenvalue weighted by molar-refractivity contribution is -0.138. The molecule has 0 fully saturated rings. The van der Waals surface area contributed by atoms with Gasteiger partial charge in [-0.05, 0) is 32.1 Å². The maximum absolute atomic E-state index is 10.9. The van der Waals surface area contributed by atoms with Crippen molar-refractivity contribution in [3.8, 4) is 0 Å². The highest BCUT2D eigenvalue weighted by Gasteiger charge is 2.20. The summed E-state index contributed by atoms with van der Waals surface area (Å²) < 4.78 is 0. The van der Waals surface area contributed by atoms with E-state index < -0.39 is 24.1 Å². The summed E-state index contributed by atoms with van der Waals surface area (Å²) in [6, 6.07) is -1.01. The lowest BCUT2D eigenvalue weighted by Crippen LogP contribution is -2.34. The van der Waals surface area contributed by atoms with Gasteiger partial charge in [0.1, 0.15) is 6.04 Å². The fourth-order valence-electron chi connectivity index (χ4n) is 2.47. The second-order valence-corrected chi connectivity index (χ2v) is 8.21. The van der Waals surface area contributed by atoms with E-state index in [9.17, 15) is 14.7 Å². The standard InChI is InChI=1S/C23H37NO5S/c1-2-3-4-5-6-7-8-9-10-11-12-13-16-21(30-18-19(24)23(28)29)20(25)15-14-17-22(26)27/h6-7,9-13,16,19-21,25H,2-5,8,14-15,17-18,24H2,1H3,(H,26,27)(H,28,29)/b7-6-,10-9-,12-11+,16-13+/t19-,20-,21-/m0/s1. The molecule has 170 valence electrons. The minimum atomic E-state index is -1.09. The molecule has 0 aliphatic rings. The van der Waals surface area contributed by atoms with Crippen LogP contribution >= 0.6 is 11.8 Å². The number of carbonyl (C=O) groups is 2. The second-order valence-electron chi connectivity index (χ2n) is 7.00. The molecule has 0 unspecified atom stereocenters. The average molecular weight is 440 g/mol. The summed E-state index contributed by atoms with van der Waals surface area (Å²) in [5.74, 6) is -1.83. The van der Waals surface area contributed by atoms with Crippen molar-refractivity contribution < 1.29 is 24.9 Å². The number of aliphatic hydroxyl groups excluding tert-OH is 1. The molecule has 5 N–H and O–H groups in total. The number of aliphatic hydroxyl groups is 1. The number of carboxylic acid groups (broad SMARTS) is 2. The number of aliphatic carboxylic acids is 2. The normalized spacial score (nSPS) is 15.4. The number of hydrogen-bond donors (Lipinski definition) is 4. The fourth-order valence-corrected chi connectivity index (χ4v) is 3.60. The molecule has 0 spiro atoms. The highest BCUT2D eigenvalue weighted by molar-refractivity contribution is 8.00. The minimum absolute atomic E-state index is 0.00938. The first-order valence-electron chi connectivity index (χ1n) is 10.5. The van der Waals surface area contributed by atoms with Crippen LogP contribution in [-0.2, 0) is 9.59 Å². The Hall–Kier alpha value is -1.83. The number of unbranched alkanes of at least 4 members (excludes halogenated alkanes) is 3. The highest BCUT2D eigenvalue weighted by atomic mass is 32.2. The zero-order valence-electron chi connectivity index (χ0n) is 17.9. The molecule has 0 aromatic carbocycles. The van der Waals surface area contributed by atoms with Crippen molar-refractivity contribution in [1.82, 2.24) is 0 Å². The minimum Gasteiger partial charge on any atom is -0.481 e. The van der Waals surface area contributed by atoms with E-state index in [4.69, 9.17) is 15.9 Å². The van der Waals surface area contributed by atoms with Gasteiger partial charge in [0.05, 0.1) is 6.10 Å². The number of carboxylic acids is 2. The van der Waals surface area contributed by atoms with Crippen LogP contribution in [0, 0.1) is 0 Å². The summed E-state index contributed by atoms with van der Waals surface area (Å²) in [4.78, 5) is 21.5. The lowest BCUT2D eigenvalue weighted by atomic mass is 10.1. The second kappa shape index (κ2) is 19.2.